The van der Waals surface area contributed by atoms with Crippen molar-refractivity contribution in [1.82, 2.24) is 10.3 Å². The third kappa shape index (κ3) is 9.93. The first-order valence-corrected chi connectivity index (χ1v) is 18.3. The van der Waals surface area contributed by atoms with Gasteiger partial charge in [-0.15, -0.1) is 0 Å². The fourth-order valence-electron chi connectivity index (χ4n) is 8.23. The summed E-state index contributed by atoms with van der Waals surface area (Å²) in [5, 5.41) is 36.7. The molecule has 270 valence electrons. The SMILES string of the molecule is COc1cc2c(cc1O)[C@H](CC[C@H](O)C[C@H](CC=O)c1ccnc(N)c1)C#C[C@H]([C@H](O)CCCC[C@@H]1CN[C@@H]3CC(=O)CC[C@@H]3C1)C(=O)CC2. The highest BCUT2D eigenvalue weighted by atomic mass is 16.5. The van der Waals surface area contributed by atoms with Crippen LogP contribution in [0.3, 0.4) is 0 Å². The van der Waals surface area contributed by atoms with Crippen LogP contribution in [-0.4, -0.2) is 70.1 Å². The van der Waals surface area contributed by atoms with E-state index in [1.807, 2.05) is 0 Å². The molecule has 0 unspecified atom stereocenters. The number of hydrogen-bond donors (Lipinski definition) is 5. The first kappa shape index (κ1) is 37.5. The normalized spacial score (nSPS) is 25.4. The molecule has 1 aromatic carbocycles. The van der Waals surface area contributed by atoms with E-state index in [2.05, 4.69) is 22.1 Å². The molecule has 0 radical (unpaired) electrons. The first-order valence-electron chi connectivity index (χ1n) is 18.3. The van der Waals surface area contributed by atoms with Crippen LogP contribution in [0, 0.1) is 29.6 Å². The van der Waals surface area contributed by atoms with Crippen molar-refractivity contribution in [3.05, 3.63) is 47.2 Å². The quantitative estimate of drug-likeness (QED) is 0.0998. The number of piperidine rings is 1. The summed E-state index contributed by atoms with van der Waals surface area (Å²) < 4.78 is 5.37. The summed E-state index contributed by atoms with van der Waals surface area (Å²) in [6.45, 7) is 0.927. The van der Waals surface area contributed by atoms with Gasteiger partial charge in [0.15, 0.2) is 17.3 Å². The van der Waals surface area contributed by atoms with Crippen molar-refractivity contribution in [2.75, 3.05) is 19.4 Å². The number of aryl methyl sites for hydroxylation is 1. The molecule has 0 spiro atoms. The van der Waals surface area contributed by atoms with Crippen LogP contribution in [0.4, 0.5) is 5.82 Å². The second kappa shape index (κ2) is 17.9. The van der Waals surface area contributed by atoms with Crippen molar-refractivity contribution in [2.24, 2.45) is 17.8 Å². The number of anilines is 1. The Labute approximate surface area is 295 Å². The van der Waals surface area contributed by atoms with Crippen LogP contribution in [0.5, 0.6) is 11.5 Å². The minimum absolute atomic E-state index is 0.0252. The largest absolute Gasteiger partial charge is 0.504 e. The summed E-state index contributed by atoms with van der Waals surface area (Å²) in [4.78, 5) is 40.8. The van der Waals surface area contributed by atoms with Gasteiger partial charge in [-0.05, 0) is 117 Å². The number of pyridine rings is 1. The monoisotopic (exact) mass is 687 g/mol. The van der Waals surface area contributed by atoms with Gasteiger partial charge in [0.1, 0.15) is 23.8 Å². The fourth-order valence-corrected chi connectivity index (χ4v) is 8.23. The lowest BCUT2D eigenvalue weighted by Crippen LogP contribution is -2.48. The predicted octanol–water partition coefficient (Wildman–Crippen LogP) is 4.77. The molecule has 10 nitrogen and oxygen atoms in total. The number of aromatic nitrogens is 1. The number of benzene rings is 1. The van der Waals surface area contributed by atoms with Crippen molar-refractivity contribution in [3.8, 4) is 23.3 Å². The van der Waals surface area contributed by atoms with Crippen LogP contribution in [-0.2, 0) is 20.8 Å². The Kier molecular flexibility index (Phi) is 13.4. The van der Waals surface area contributed by atoms with Gasteiger partial charge in [-0.3, -0.25) is 9.59 Å². The van der Waals surface area contributed by atoms with Gasteiger partial charge in [0.05, 0.1) is 19.3 Å². The number of aldehydes is 1. The van der Waals surface area contributed by atoms with Gasteiger partial charge >= 0.3 is 0 Å². The first-order chi connectivity index (χ1) is 24.1. The maximum absolute atomic E-state index is 13.5. The third-order valence-corrected chi connectivity index (χ3v) is 11.1. The van der Waals surface area contributed by atoms with E-state index in [0.717, 1.165) is 61.6 Å². The number of ether oxygens (including phenoxy) is 1. The Hall–Kier alpha value is -3.78. The molecule has 3 aliphatic rings. The van der Waals surface area contributed by atoms with Crippen molar-refractivity contribution in [3.63, 3.8) is 0 Å². The molecule has 8 atom stereocenters. The number of methoxy groups -OCH3 is 1. The lowest BCUT2D eigenvalue weighted by atomic mass is 9.74. The van der Waals surface area contributed by atoms with Gasteiger partial charge in [-0.25, -0.2) is 4.98 Å². The number of phenolic OH excluding ortho intramolecular Hbond substituents is 1. The van der Waals surface area contributed by atoms with E-state index in [1.165, 1.54) is 7.11 Å². The minimum atomic E-state index is -0.888. The van der Waals surface area contributed by atoms with Crippen LogP contribution in [0.2, 0.25) is 0 Å². The van der Waals surface area contributed by atoms with Crippen LogP contribution < -0.4 is 15.8 Å². The van der Waals surface area contributed by atoms with Crippen LogP contribution in [0.25, 0.3) is 0 Å². The van der Waals surface area contributed by atoms with E-state index in [9.17, 15) is 29.7 Å². The highest BCUT2D eigenvalue weighted by molar-refractivity contribution is 5.85. The van der Waals surface area contributed by atoms with E-state index in [0.29, 0.717) is 80.2 Å². The summed E-state index contributed by atoms with van der Waals surface area (Å²) in [7, 11) is 1.48. The number of phenols is 1. The molecule has 0 bridgehead atoms. The van der Waals surface area contributed by atoms with Gasteiger partial charge in [-0.2, -0.15) is 0 Å². The molecule has 1 aromatic heterocycles. The Bertz CT molecular complexity index is 1550. The standard InChI is InChI=1S/C40H53N3O7/c1-50-39-20-29-9-13-37(48)33(36(47)5-3-2-4-25-18-30-7-11-32(46)22-35(30)43-24-25)12-8-26(34(29)23-38(39)49)6-10-31(45)19-28(15-17-44)27-14-16-42-40(41)21-27/h14,16-17,20-21,23,25-26,28,30-31,33,35-36,43,45,47,49H,2-7,9-11,13,15,18-19,22,24H2,1H3,(H2,41,42)/t25-,26+,28-,30+,31-,33+,35+,36+/m0/s1. The average Bonchev–Trinajstić information content (AvgIpc) is 3.16. The fraction of sp³-hybridized carbons (Fsp3) is 0.600. The van der Waals surface area contributed by atoms with E-state index in [1.54, 1.807) is 30.5 Å². The summed E-state index contributed by atoms with van der Waals surface area (Å²) >= 11 is 0. The molecule has 5 rings (SSSR count). The summed E-state index contributed by atoms with van der Waals surface area (Å²) in [6.07, 6.45) is 9.58. The number of fused-ring (bicyclic) bond motifs is 2. The number of carbonyl (C=O) groups excluding carboxylic acids is 3. The number of carbonyl (C=O) groups is 3. The van der Waals surface area contributed by atoms with Crippen molar-refractivity contribution >= 4 is 23.7 Å². The van der Waals surface area contributed by atoms with Gasteiger partial charge in [0, 0.05) is 43.8 Å². The lowest BCUT2D eigenvalue weighted by molar-refractivity contribution is -0.124. The number of nitrogens with one attached hydrogen (secondary N) is 1. The number of nitrogens with zero attached hydrogens (tertiary/aromatic N) is 1. The Balaban J connectivity index is 1.23. The molecule has 6 N–H and O–H groups in total. The van der Waals surface area contributed by atoms with E-state index in [4.69, 9.17) is 10.5 Å². The van der Waals surface area contributed by atoms with E-state index < -0.39 is 24.0 Å². The number of nitrogens with two attached hydrogens (primary N) is 1. The van der Waals surface area contributed by atoms with Crippen LogP contribution in [0.1, 0.15) is 112 Å². The third-order valence-electron chi connectivity index (χ3n) is 11.1. The van der Waals surface area contributed by atoms with E-state index >= 15 is 0 Å². The number of unbranched alkanes of at least 4 members (excludes halogenated alkanes) is 1. The predicted molar refractivity (Wildman–Crippen MR) is 191 cm³/mol. The highest BCUT2D eigenvalue weighted by Gasteiger charge is 2.34. The van der Waals surface area contributed by atoms with Gasteiger partial charge in [-0.1, -0.05) is 24.7 Å². The number of hydrogen-bond acceptors (Lipinski definition) is 10. The molecule has 2 aliphatic carbocycles. The topological polar surface area (TPSA) is 172 Å². The van der Waals surface area contributed by atoms with Crippen LogP contribution >= 0.6 is 0 Å². The maximum atomic E-state index is 13.5. The molecule has 2 fully saturated rings. The maximum Gasteiger partial charge on any atom is 0.160 e. The number of aliphatic hydroxyl groups excluding tert-OH is 2. The summed E-state index contributed by atoms with van der Waals surface area (Å²) in [5.41, 5.74) is 8.33. The van der Waals surface area contributed by atoms with Crippen molar-refractivity contribution in [1.29, 1.82) is 0 Å². The summed E-state index contributed by atoms with van der Waals surface area (Å²) in [5.74, 6) is 7.01. The van der Waals surface area contributed by atoms with E-state index in [-0.39, 0.29) is 30.3 Å². The zero-order chi connectivity index (χ0) is 35.6. The number of rotatable bonds is 15. The smallest absolute Gasteiger partial charge is 0.160 e. The lowest BCUT2D eigenvalue weighted by Gasteiger charge is -2.39. The molecule has 1 aliphatic heterocycles. The Morgan fingerprint density at radius 1 is 1.10 bits per heavy atom. The van der Waals surface area contributed by atoms with Gasteiger partial charge in [0.25, 0.3) is 0 Å². The molecule has 1 saturated heterocycles. The van der Waals surface area contributed by atoms with Gasteiger partial charge < -0.3 is 35.9 Å². The van der Waals surface area contributed by atoms with Crippen molar-refractivity contribution in [2.45, 2.75) is 120 Å². The molecular formula is C40H53N3O7. The molecule has 10 heteroatoms. The molecular weight excluding hydrogens is 634 g/mol. The summed E-state index contributed by atoms with van der Waals surface area (Å²) in [6, 6.07) is 7.25. The molecule has 2 aromatic rings. The second-order valence-electron chi connectivity index (χ2n) is 14.6. The van der Waals surface area contributed by atoms with Gasteiger partial charge in [0.2, 0.25) is 0 Å². The number of aliphatic hydroxyl groups is 2. The number of ketones is 2. The van der Waals surface area contributed by atoms with Crippen LogP contribution in [0.15, 0.2) is 30.5 Å². The molecule has 1 saturated carbocycles. The zero-order valence-electron chi connectivity index (χ0n) is 29.2. The number of aromatic hydroxyl groups is 1. The van der Waals surface area contributed by atoms with Crippen molar-refractivity contribution < 1.29 is 34.4 Å². The minimum Gasteiger partial charge on any atom is -0.504 e. The highest BCUT2D eigenvalue weighted by Crippen LogP contribution is 2.38. The Morgan fingerprint density at radius 2 is 1.94 bits per heavy atom. The Morgan fingerprint density at radius 3 is 2.72 bits per heavy atom. The number of nitrogen functional groups attached to an aromatic ring is 1. The molecule has 0 amide bonds. The average molecular weight is 688 g/mol. The number of Topliss-reactive ketones (excluding diaryl/α,β-unsaturated/α-hetero) is 2. The second-order valence-corrected chi connectivity index (χ2v) is 14.6. The molecule has 50 heavy (non-hydrogen) atoms. The molecule has 2 heterocycles. The zero-order valence-corrected chi connectivity index (χ0v) is 29.2.